The van der Waals surface area contributed by atoms with Gasteiger partial charge in [0.2, 0.25) is 0 Å². The molecular weight excluding hydrogens is 352 g/mol. The molecule has 0 heterocycles. The number of ether oxygens (including phenoxy) is 1. The number of para-hydroxylation sites is 1. The molecule has 0 atom stereocenters. The maximum atomic E-state index is 12.3. The van der Waals surface area contributed by atoms with Crippen molar-refractivity contribution < 1.29 is 14.3 Å². The van der Waals surface area contributed by atoms with Gasteiger partial charge in [-0.3, -0.25) is 9.59 Å². The van der Waals surface area contributed by atoms with E-state index in [2.05, 4.69) is 10.6 Å². The summed E-state index contributed by atoms with van der Waals surface area (Å²) in [4.78, 5) is 24.5. The van der Waals surface area contributed by atoms with Gasteiger partial charge in [0.25, 0.3) is 0 Å². The van der Waals surface area contributed by atoms with Gasteiger partial charge < -0.3 is 15.4 Å². The van der Waals surface area contributed by atoms with Crippen LogP contribution in [-0.2, 0) is 14.3 Å². The summed E-state index contributed by atoms with van der Waals surface area (Å²) in [6.07, 6.45) is 6.09. The Balaban J connectivity index is 1.40. The van der Waals surface area contributed by atoms with Crippen molar-refractivity contribution in [3.05, 3.63) is 29.3 Å². The van der Waals surface area contributed by atoms with Gasteiger partial charge in [-0.15, -0.1) is 0 Å². The first-order chi connectivity index (χ1) is 12.5. The molecule has 2 N–H and O–H groups in total. The number of halogens is 1. The van der Waals surface area contributed by atoms with Crippen molar-refractivity contribution in [3.63, 3.8) is 0 Å². The van der Waals surface area contributed by atoms with Crippen LogP contribution in [0.5, 0.6) is 0 Å². The van der Waals surface area contributed by atoms with Gasteiger partial charge in [-0.2, -0.15) is 0 Å². The van der Waals surface area contributed by atoms with Crippen molar-refractivity contribution in [2.75, 3.05) is 19.0 Å². The van der Waals surface area contributed by atoms with E-state index in [1.54, 1.807) is 31.4 Å². The number of carbonyl (C=O) groups excluding carboxylic acids is 2. The van der Waals surface area contributed by atoms with E-state index in [1.807, 2.05) is 0 Å². The SMILES string of the molecule is COC1(CNC(=O)C(=O)Nc2ccccc2Cl)C2CC3CC(C2)CC1C3. The molecule has 1 aromatic rings. The second kappa shape index (κ2) is 6.86. The Hall–Kier alpha value is -1.59. The third-order valence-corrected chi connectivity index (χ3v) is 7.08. The Morgan fingerprint density at radius 1 is 1.08 bits per heavy atom. The molecule has 4 bridgehead atoms. The molecule has 4 fully saturated rings. The topological polar surface area (TPSA) is 67.4 Å². The smallest absolute Gasteiger partial charge is 0.313 e. The first-order valence-corrected chi connectivity index (χ1v) is 9.78. The molecule has 1 aromatic carbocycles. The fourth-order valence-electron chi connectivity index (χ4n) is 5.72. The van der Waals surface area contributed by atoms with Crippen molar-refractivity contribution in [2.45, 2.75) is 37.7 Å². The van der Waals surface area contributed by atoms with E-state index in [9.17, 15) is 9.59 Å². The number of amides is 2. The Bertz CT molecular complexity index is 693. The highest BCUT2D eigenvalue weighted by Crippen LogP contribution is 2.59. The molecule has 0 radical (unpaired) electrons. The van der Waals surface area contributed by atoms with Crippen LogP contribution in [0.4, 0.5) is 5.69 Å². The number of hydrogen-bond acceptors (Lipinski definition) is 3. The van der Waals surface area contributed by atoms with Gasteiger partial charge in [0.1, 0.15) is 0 Å². The molecule has 0 saturated heterocycles. The highest BCUT2D eigenvalue weighted by molar-refractivity contribution is 6.41. The molecule has 0 aliphatic heterocycles. The Kier molecular flexibility index (Phi) is 4.70. The molecule has 0 unspecified atom stereocenters. The quantitative estimate of drug-likeness (QED) is 0.793. The van der Waals surface area contributed by atoms with E-state index in [4.69, 9.17) is 16.3 Å². The second-order valence-electron chi connectivity index (χ2n) is 8.08. The minimum absolute atomic E-state index is 0.326. The lowest BCUT2D eigenvalue weighted by Gasteiger charge is -2.60. The van der Waals surface area contributed by atoms with Crippen LogP contribution in [0.25, 0.3) is 0 Å². The molecule has 140 valence electrons. The average molecular weight is 377 g/mol. The van der Waals surface area contributed by atoms with E-state index >= 15 is 0 Å². The maximum absolute atomic E-state index is 12.3. The van der Waals surface area contributed by atoms with Crippen LogP contribution in [0.1, 0.15) is 32.1 Å². The molecule has 0 aromatic heterocycles. The van der Waals surface area contributed by atoms with Crippen molar-refractivity contribution in [1.82, 2.24) is 5.32 Å². The monoisotopic (exact) mass is 376 g/mol. The van der Waals surface area contributed by atoms with Crippen molar-refractivity contribution in [1.29, 1.82) is 0 Å². The zero-order chi connectivity index (χ0) is 18.3. The largest absolute Gasteiger partial charge is 0.376 e. The van der Waals surface area contributed by atoms with E-state index in [0.29, 0.717) is 29.1 Å². The van der Waals surface area contributed by atoms with Crippen LogP contribution in [-0.4, -0.2) is 31.1 Å². The average Bonchev–Trinajstić information content (AvgIpc) is 2.63. The van der Waals surface area contributed by atoms with Crippen molar-refractivity contribution in [2.24, 2.45) is 23.7 Å². The normalized spacial score (nSPS) is 34.5. The Labute approximate surface area is 158 Å². The standard InChI is InChI=1S/C20H25ClN2O3/c1-26-20(14-7-12-6-13(9-14)10-15(20)8-12)11-22-18(24)19(25)23-17-5-3-2-4-16(17)21/h2-5,12-15H,6-11H2,1H3,(H,22,24)(H,23,25). The maximum Gasteiger partial charge on any atom is 0.313 e. The first-order valence-electron chi connectivity index (χ1n) is 9.40. The summed E-state index contributed by atoms with van der Waals surface area (Å²) in [5, 5.41) is 5.80. The molecule has 26 heavy (non-hydrogen) atoms. The van der Waals surface area contributed by atoms with E-state index in [0.717, 1.165) is 11.8 Å². The third kappa shape index (κ3) is 3.01. The number of rotatable bonds is 4. The second-order valence-corrected chi connectivity index (χ2v) is 8.49. The fourth-order valence-corrected chi connectivity index (χ4v) is 5.90. The summed E-state index contributed by atoms with van der Waals surface area (Å²) in [7, 11) is 1.75. The number of anilines is 1. The number of benzene rings is 1. The molecule has 4 aliphatic rings. The van der Waals surface area contributed by atoms with Gasteiger partial charge in [0.15, 0.2) is 0 Å². The van der Waals surface area contributed by atoms with Crippen LogP contribution in [0.15, 0.2) is 24.3 Å². The van der Waals surface area contributed by atoms with E-state index in [1.165, 1.54) is 32.1 Å². The molecular formula is C20H25ClN2O3. The summed E-state index contributed by atoms with van der Waals surface area (Å²) in [5.74, 6) is 1.26. The lowest BCUT2D eigenvalue weighted by molar-refractivity contribution is -0.188. The lowest BCUT2D eigenvalue weighted by atomic mass is 9.49. The van der Waals surface area contributed by atoms with Gasteiger partial charge in [0, 0.05) is 13.7 Å². The van der Waals surface area contributed by atoms with Gasteiger partial charge in [-0.1, -0.05) is 23.7 Å². The molecule has 6 heteroatoms. The molecule has 0 spiro atoms. The van der Waals surface area contributed by atoms with Crippen LogP contribution in [0.3, 0.4) is 0 Å². The summed E-state index contributed by atoms with van der Waals surface area (Å²) in [5.41, 5.74) is 0.110. The summed E-state index contributed by atoms with van der Waals surface area (Å²) >= 11 is 6.03. The lowest BCUT2D eigenvalue weighted by Crippen LogP contribution is -2.63. The highest BCUT2D eigenvalue weighted by Gasteiger charge is 2.57. The van der Waals surface area contributed by atoms with Crippen LogP contribution in [0, 0.1) is 23.7 Å². The molecule has 4 aliphatic carbocycles. The van der Waals surface area contributed by atoms with Crippen molar-refractivity contribution >= 4 is 29.1 Å². The van der Waals surface area contributed by atoms with E-state index in [-0.39, 0.29) is 5.60 Å². The van der Waals surface area contributed by atoms with Crippen LogP contribution in [0.2, 0.25) is 5.02 Å². The highest BCUT2D eigenvalue weighted by atomic mass is 35.5. The summed E-state index contributed by atoms with van der Waals surface area (Å²) < 4.78 is 6.01. The number of methoxy groups -OCH3 is 1. The fraction of sp³-hybridized carbons (Fsp3) is 0.600. The van der Waals surface area contributed by atoms with Gasteiger partial charge in [0.05, 0.1) is 16.3 Å². The molecule has 4 saturated carbocycles. The van der Waals surface area contributed by atoms with E-state index < -0.39 is 11.8 Å². The number of carbonyl (C=O) groups is 2. The minimum Gasteiger partial charge on any atom is -0.376 e. The zero-order valence-corrected chi connectivity index (χ0v) is 15.7. The predicted molar refractivity (Wildman–Crippen MR) is 99.9 cm³/mol. The molecule has 2 amide bonds. The van der Waals surface area contributed by atoms with Gasteiger partial charge >= 0.3 is 11.8 Å². The van der Waals surface area contributed by atoms with Crippen LogP contribution < -0.4 is 10.6 Å². The van der Waals surface area contributed by atoms with Gasteiger partial charge in [-0.25, -0.2) is 0 Å². The Morgan fingerprint density at radius 3 is 2.27 bits per heavy atom. The number of nitrogens with one attached hydrogen (secondary N) is 2. The zero-order valence-electron chi connectivity index (χ0n) is 15.0. The third-order valence-electron chi connectivity index (χ3n) is 6.75. The first kappa shape index (κ1) is 17.8. The van der Waals surface area contributed by atoms with Crippen molar-refractivity contribution in [3.8, 4) is 0 Å². The predicted octanol–water partition coefficient (Wildman–Crippen LogP) is 3.24. The number of hydrogen-bond donors (Lipinski definition) is 2. The Morgan fingerprint density at radius 2 is 1.69 bits per heavy atom. The van der Waals surface area contributed by atoms with Gasteiger partial charge in [-0.05, 0) is 67.9 Å². The molecule has 5 rings (SSSR count). The van der Waals surface area contributed by atoms with Crippen LogP contribution >= 0.6 is 11.6 Å². The summed E-state index contributed by atoms with van der Waals surface area (Å²) in [6, 6.07) is 6.87. The minimum atomic E-state index is -0.701. The molecule has 5 nitrogen and oxygen atoms in total. The summed E-state index contributed by atoms with van der Waals surface area (Å²) in [6.45, 7) is 0.396.